The molecule has 1 saturated heterocycles. The summed E-state index contributed by atoms with van der Waals surface area (Å²) in [5.41, 5.74) is 0. The molecule has 0 radical (unpaired) electrons. The van der Waals surface area contributed by atoms with Crippen LogP contribution in [0.1, 0.15) is 13.3 Å². The molecular weight excluding hydrogens is 269 g/mol. The first kappa shape index (κ1) is 10.2. The first-order valence-electron chi connectivity index (χ1n) is 4.23. The number of carbonyl (C=O) groups is 1. The second kappa shape index (κ2) is 5.01. The molecule has 0 aliphatic carbocycles. The van der Waals surface area contributed by atoms with Crippen molar-refractivity contribution in [3.63, 3.8) is 0 Å². The van der Waals surface area contributed by atoms with Gasteiger partial charge in [-0.25, -0.2) is 0 Å². The molecule has 12 heavy (non-hydrogen) atoms. The van der Waals surface area contributed by atoms with Crippen LogP contribution < -0.4 is 0 Å². The van der Waals surface area contributed by atoms with Crippen molar-refractivity contribution in [3.8, 4) is 0 Å². The highest BCUT2D eigenvalue weighted by molar-refractivity contribution is 14.1. The molecule has 1 atom stereocenters. The van der Waals surface area contributed by atoms with Gasteiger partial charge < -0.3 is 4.74 Å². The number of nitrogens with zero attached hydrogens (tertiary/aromatic N) is 1. The van der Waals surface area contributed by atoms with Gasteiger partial charge in [-0.15, -0.1) is 0 Å². The van der Waals surface area contributed by atoms with Crippen molar-refractivity contribution in [2.24, 2.45) is 5.92 Å². The highest BCUT2D eigenvalue weighted by Crippen LogP contribution is 2.18. The monoisotopic (exact) mass is 283 g/mol. The van der Waals surface area contributed by atoms with Gasteiger partial charge in [0.25, 0.3) is 0 Å². The van der Waals surface area contributed by atoms with E-state index >= 15 is 0 Å². The van der Waals surface area contributed by atoms with Crippen LogP contribution in [0.2, 0.25) is 0 Å². The average molecular weight is 283 g/mol. The number of ether oxygens (including phenoxy) is 1. The molecule has 1 rings (SSSR count). The first-order chi connectivity index (χ1) is 5.77. The lowest BCUT2D eigenvalue weighted by molar-refractivity contribution is -0.147. The molecule has 0 aromatic heterocycles. The Labute approximate surface area is 86.6 Å². The fourth-order valence-corrected chi connectivity index (χ4v) is 2.01. The molecule has 0 N–H and O–H groups in total. The van der Waals surface area contributed by atoms with Gasteiger partial charge in [0.15, 0.2) is 0 Å². The zero-order chi connectivity index (χ0) is 8.97. The van der Waals surface area contributed by atoms with Crippen LogP contribution in [0.15, 0.2) is 0 Å². The standard InChI is InChI=1S/C8H14INO2/c1-2-12-8(11)7-3-4-10(5-7)6-9/h7H,2-6H2,1H3. The van der Waals surface area contributed by atoms with Crippen LogP contribution in [0.4, 0.5) is 0 Å². The molecule has 3 nitrogen and oxygen atoms in total. The maximum Gasteiger partial charge on any atom is 0.310 e. The summed E-state index contributed by atoms with van der Waals surface area (Å²) >= 11 is 2.32. The summed E-state index contributed by atoms with van der Waals surface area (Å²) in [6.45, 7) is 4.26. The normalized spacial score (nSPS) is 24.3. The summed E-state index contributed by atoms with van der Waals surface area (Å²) in [7, 11) is 0. The molecule has 1 heterocycles. The molecule has 1 aliphatic heterocycles. The molecular formula is C8H14INO2. The lowest BCUT2D eigenvalue weighted by atomic mass is 10.1. The zero-order valence-corrected chi connectivity index (χ0v) is 9.41. The van der Waals surface area contributed by atoms with Crippen LogP contribution in [-0.2, 0) is 9.53 Å². The molecule has 70 valence electrons. The van der Waals surface area contributed by atoms with Gasteiger partial charge in [-0.05, 0) is 19.9 Å². The summed E-state index contributed by atoms with van der Waals surface area (Å²) < 4.78 is 5.96. The van der Waals surface area contributed by atoms with E-state index in [4.69, 9.17) is 4.74 Å². The number of esters is 1. The minimum atomic E-state index is -0.0233. The van der Waals surface area contributed by atoms with Crippen LogP contribution in [0.3, 0.4) is 0 Å². The number of hydrogen-bond acceptors (Lipinski definition) is 3. The Balaban J connectivity index is 2.31. The predicted octanol–water partition coefficient (Wildman–Crippen LogP) is 1.26. The topological polar surface area (TPSA) is 29.5 Å². The van der Waals surface area contributed by atoms with E-state index in [1.165, 1.54) is 0 Å². The molecule has 1 unspecified atom stereocenters. The van der Waals surface area contributed by atoms with Crippen molar-refractivity contribution in [3.05, 3.63) is 0 Å². The lowest BCUT2D eigenvalue weighted by Gasteiger charge is -2.11. The number of rotatable bonds is 3. The number of halogens is 1. The van der Waals surface area contributed by atoms with Crippen LogP contribution in [0.25, 0.3) is 0 Å². The van der Waals surface area contributed by atoms with Crippen molar-refractivity contribution in [1.82, 2.24) is 4.90 Å². The average Bonchev–Trinajstić information content (AvgIpc) is 2.52. The fourth-order valence-electron chi connectivity index (χ4n) is 1.39. The summed E-state index contributed by atoms with van der Waals surface area (Å²) in [6, 6.07) is 0. The lowest BCUT2D eigenvalue weighted by Crippen LogP contribution is -2.23. The molecule has 1 fully saturated rings. The van der Waals surface area contributed by atoms with Crippen molar-refractivity contribution in [1.29, 1.82) is 0 Å². The van der Waals surface area contributed by atoms with Gasteiger partial charge in [-0.3, -0.25) is 9.69 Å². The van der Waals surface area contributed by atoms with Crippen LogP contribution in [0.5, 0.6) is 0 Å². The summed E-state index contributed by atoms with van der Waals surface area (Å²) in [6.07, 6.45) is 0.960. The largest absolute Gasteiger partial charge is 0.466 e. The van der Waals surface area contributed by atoms with Crippen LogP contribution in [-0.4, -0.2) is 35.1 Å². The van der Waals surface area contributed by atoms with Gasteiger partial charge in [-0.1, -0.05) is 22.6 Å². The smallest absolute Gasteiger partial charge is 0.310 e. The second-order valence-electron chi connectivity index (χ2n) is 2.93. The number of alkyl halides is 1. The molecule has 0 aromatic carbocycles. The van der Waals surface area contributed by atoms with E-state index in [1.807, 2.05) is 6.92 Å². The number of carbonyl (C=O) groups excluding carboxylic acids is 1. The third-order valence-corrected chi connectivity index (χ3v) is 3.03. The minimum Gasteiger partial charge on any atom is -0.466 e. The molecule has 0 saturated carbocycles. The van der Waals surface area contributed by atoms with E-state index in [-0.39, 0.29) is 11.9 Å². The molecule has 1 aliphatic rings. The van der Waals surface area contributed by atoms with E-state index < -0.39 is 0 Å². The summed E-state index contributed by atoms with van der Waals surface area (Å²) in [5, 5.41) is 0. The summed E-state index contributed by atoms with van der Waals surface area (Å²) in [5.74, 6) is 0.101. The van der Waals surface area contributed by atoms with Crippen molar-refractivity contribution < 1.29 is 9.53 Å². The van der Waals surface area contributed by atoms with Gasteiger partial charge in [0.2, 0.25) is 0 Å². The van der Waals surface area contributed by atoms with Gasteiger partial charge in [0.1, 0.15) is 0 Å². The quantitative estimate of drug-likeness (QED) is 0.338. The Morgan fingerprint density at radius 2 is 2.50 bits per heavy atom. The Bertz CT molecular complexity index is 163. The Kier molecular flexibility index (Phi) is 4.28. The summed E-state index contributed by atoms with van der Waals surface area (Å²) in [4.78, 5) is 13.5. The van der Waals surface area contributed by atoms with E-state index in [0.29, 0.717) is 6.61 Å². The van der Waals surface area contributed by atoms with E-state index in [2.05, 4.69) is 27.5 Å². The van der Waals surface area contributed by atoms with Crippen LogP contribution >= 0.6 is 22.6 Å². The Hall–Kier alpha value is 0.160. The fraction of sp³-hybridized carbons (Fsp3) is 0.875. The third kappa shape index (κ3) is 2.58. The molecule has 0 amide bonds. The highest BCUT2D eigenvalue weighted by atomic mass is 127. The number of hydrogen-bond donors (Lipinski definition) is 0. The van der Waals surface area contributed by atoms with Crippen molar-refractivity contribution >= 4 is 28.6 Å². The zero-order valence-electron chi connectivity index (χ0n) is 7.25. The van der Waals surface area contributed by atoms with Gasteiger partial charge >= 0.3 is 5.97 Å². The highest BCUT2D eigenvalue weighted by Gasteiger charge is 2.28. The molecule has 0 bridgehead atoms. The predicted molar refractivity (Wildman–Crippen MR) is 55.2 cm³/mol. The Morgan fingerprint density at radius 1 is 1.75 bits per heavy atom. The first-order valence-corrected chi connectivity index (χ1v) is 5.75. The van der Waals surface area contributed by atoms with E-state index in [9.17, 15) is 4.79 Å². The SMILES string of the molecule is CCOC(=O)C1CCN(CI)C1. The molecule has 0 aromatic rings. The maximum absolute atomic E-state index is 11.3. The molecule has 0 spiro atoms. The van der Waals surface area contributed by atoms with Crippen molar-refractivity contribution in [2.75, 3.05) is 24.2 Å². The van der Waals surface area contributed by atoms with Gasteiger partial charge in [0.05, 0.1) is 17.1 Å². The van der Waals surface area contributed by atoms with Crippen molar-refractivity contribution in [2.45, 2.75) is 13.3 Å². The van der Waals surface area contributed by atoms with E-state index in [0.717, 1.165) is 24.1 Å². The van der Waals surface area contributed by atoms with Gasteiger partial charge in [0, 0.05) is 6.54 Å². The van der Waals surface area contributed by atoms with Gasteiger partial charge in [-0.2, -0.15) is 0 Å². The number of likely N-dealkylation sites (tertiary alicyclic amines) is 1. The minimum absolute atomic E-state index is 0.0233. The third-order valence-electron chi connectivity index (χ3n) is 2.06. The second-order valence-corrected chi connectivity index (χ2v) is 3.62. The maximum atomic E-state index is 11.3. The Morgan fingerprint density at radius 3 is 3.00 bits per heavy atom. The molecule has 4 heteroatoms. The van der Waals surface area contributed by atoms with Crippen LogP contribution in [0, 0.1) is 5.92 Å². The van der Waals surface area contributed by atoms with E-state index in [1.54, 1.807) is 0 Å².